The van der Waals surface area contributed by atoms with Crippen molar-refractivity contribution in [2.45, 2.75) is 6.54 Å². The molecule has 1 aromatic rings. The molecule has 0 unspecified atom stereocenters. The van der Waals surface area contributed by atoms with Crippen molar-refractivity contribution in [2.75, 3.05) is 0 Å². The van der Waals surface area contributed by atoms with Crippen molar-refractivity contribution in [3.05, 3.63) is 45.3 Å². The smallest absolute Gasteiger partial charge is 0.248 e. The Morgan fingerprint density at radius 1 is 1.57 bits per heavy atom. The molecule has 6 heteroatoms. The molecule has 0 radical (unpaired) electrons. The van der Waals surface area contributed by atoms with Gasteiger partial charge in [0.2, 0.25) is 12.5 Å². The highest BCUT2D eigenvalue weighted by atomic mass is 19.1. The number of nitrogens with zero attached hydrogens (tertiary/aromatic N) is 1. The van der Waals surface area contributed by atoms with Crippen LogP contribution in [0.5, 0.6) is 0 Å². The SMILES string of the molecule is NC(=O)c1ccc(F)c(C[N+](=O)[O-])c1. The zero-order valence-corrected chi connectivity index (χ0v) is 7.07. The summed E-state index contributed by atoms with van der Waals surface area (Å²) in [6, 6.07) is 3.25. The van der Waals surface area contributed by atoms with Gasteiger partial charge in [-0.05, 0) is 18.2 Å². The molecular formula is C8H7FN2O3. The third-order valence-corrected chi connectivity index (χ3v) is 1.63. The molecule has 0 atom stereocenters. The highest BCUT2D eigenvalue weighted by Gasteiger charge is 2.11. The van der Waals surface area contributed by atoms with E-state index in [0.717, 1.165) is 12.1 Å². The molecule has 0 aliphatic rings. The van der Waals surface area contributed by atoms with Crippen LogP contribution >= 0.6 is 0 Å². The first-order valence-electron chi connectivity index (χ1n) is 3.70. The van der Waals surface area contributed by atoms with Crippen molar-refractivity contribution in [1.82, 2.24) is 0 Å². The molecule has 0 fully saturated rings. The van der Waals surface area contributed by atoms with Crippen LogP contribution in [0.3, 0.4) is 0 Å². The molecule has 0 spiro atoms. The van der Waals surface area contributed by atoms with Crippen molar-refractivity contribution in [2.24, 2.45) is 5.73 Å². The number of carbonyl (C=O) groups excluding carboxylic acids is 1. The summed E-state index contributed by atoms with van der Waals surface area (Å²) in [5.41, 5.74) is 4.84. The zero-order chi connectivity index (χ0) is 10.7. The lowest BCUT2D eigenvalue weighted by Gasteiger charge is -2.00. The predicted octanol–water partition coefficient (Wildman–Crippen LogP) is 0.701. The fourth-order valence-corrected chi connectivity index (χ4v) is 0.988. The third-order valence-electron chi connectivity index (χ3n) is 1.63. The van der Waals surface area contributed by atoms with Gasteiger partial charge in [-0.1, -0.05) is 0 Å². The van der Waals surface area contributed by atoms with Gasteiger partial charge in [0.15, 0.2) is 0 Å². The van der Waals surface area contributed by atoms with E-state index in [0.29, 0.717) is 0 Å². The number of amides is 1. The van der Waals surface area contributed by atoms with Gasteiger partial charge in [-0.15, -0.1) is 0 Å². The van der Waals surface area contributed by atoms with Gasteiger partial charge in [-0.25, -0.2) is 4.39 Å². The molecule has 0 aliphatic heterocycles. The first-order valence-corrected chi connectivity index (χ1v) is 3.70. The molecule has 0 bridgehead atoms. The van der Waals surface area contributed by atoms with E-state index >= 15 is 0 Å². The summed E-state index contributed by atoms with van der Waals surface area (Å²) in [6.45, 7) is -0.660. The minimum absolute atomic E-state index is 0.0586. The van der Waals surface area contributed by atoms with Gasteiger partial charge in [0.25, 0.3) is 0 Å². The van der Waals surface area contributed by atoms with E-state index in [9.17, 15) is 19.3 Å². The van der Waals surface area contributed by atoms with Gasteiger partial charge in [0, 0.05) is 10.5 Å². The molecule has 2 N–H and O–H groups in total. The number of nitrogens with two attached hydrogens (primary N) is 1. The molecule has 1 rings (SSSR count). The first-order chi connectivity index (χ1) is 6.50. The monoisotopic (exact) mass is 198 g/mol. The molecule has 0 heterocycles. The van der Waals surface area contributed by atoms with Gasteiger partial charge < -0.3 is 5.73 Å². The van der Waals surface area contributed by atoms with Crippen molar-refractivity contribution in [1.29, 1.82) is 0 Å². The summed E-state index contributed by atoms with van der Waals surface area (Å²) < 4.78 is 12.9. The van der Waals surface area contributed by atoms with Gasteiger partial charge in [0.05, 0.1) is 5.56 Å². The number of carbonyl (C=O) groups is 1. The molecule has 14 heavy (non-hydrogen) atoms. The number of halogens is 1. The van der Waals surface area contributed by atoms with Crippen LogP contribution in [0.1, 0.15) is 15.9 Å². The number of hydrogen-bond donors (Lipinski definition) is 1. The largest absolute Gasteiger partial charge is 0.366 e. The summed E-state index contributed by atoms with van der Waals surface area (Å²) in [4.78, 5) is 20.1. The molecule has 5 nitrogen and oxygen atoms in total. The number of primary amides is 1. The van der Waals surface area contributed by atoms with Crippen molar-refractivity contribution in [3.63, 3.8) is 0 Å². The van der Waals surface area contributed by atoms with E-state index < -0.39 is 23.2 Å². The molecular weight excluding hydrogens is 191 g/mol. The Bertz CT molecular complexity index is 392. The van der Waals surface area contributed by atoms with E-state index in [-0.39, 0.29) is 11.1 Å². The van der Waals surface area contributed by atoms with Gasteiger partial charge in [0.1, 0.15) is 5.82 Å². The van der Waals surface area contributed by atoms with Crippen LogP contribution in [0.25, 0.3) is 0 Å². The van der Waals surface area contributed by atoms with E-state index in [4.69, 9.17) is 5.73 Å². The molecule has 74 valence electrons. The number of benzene rings is 1. The van der Waals surface area contributed by atoms with Crippen LogP contribution in [-0.2, 0) is 6.54 Å². The van der Waals surface area contributed by atoms with Crippen LogP contribution in [0.15, 0.2) is 18.2 Å². The second-order valence-corrected chi connectivity index (χ2v) is 2.66. The van der Waals surface area contributed by atoms with Crippen LogP contribution in [0.2, 0.25) is 0 Å². The summed E-state index contributed by atoms with van der Waals surface area (Å²) in [5, 5.41) is 10.1. The fourth-order valence-electron chi connectivity index (χ4n) is 0.988. The van der Waals surface area contributed by atoms with E-state index in [2.05, 4.69) is 0 Å². The Balaban J connectivity index is 3.08. The average Bonchev–Trinajstić information content (AvgIpc) is 2.07. The van der Waals surface area contributed by atoms with Crippen LogP contribution in [-0.4, -0.2) is 10.8 Å². The summed E-state index contributed by atoms with van der Waals surface area (Å²) in [7, 11) is 0. The minimum atomic E-state index is -0.741. The first kappa shape index (κ1) is 10.1. The van der Waals surface area contributed by atoms with Crippen molar-refractivity contribution in [3.8, 4) is 0 Å². The Morgan fingerprint density at radius 3 is 2.71 bits per heavy atom. The third kappa shape index (κ3) is 2.25. The fraction of sp³-hybridized carbons (Fsp3) is 0.125. The van der Waals surface area contributed by atoms with Gasteiger partial charge >= 0.3 is 0 Å². The molecule has 0 saturated carbocycles. The lowest BCUT2D eigenvalue weighted by molar-refractivity contribution is -0.497. The van der Waals surface area contributed by atoms with Crippen molar-refractivity contribution >= 4 is 5.91 Å². The lowest BCUT2D eigenvalue weighted by atomic mass is 10.1. The van der Waals surface area contributed by atoms with E-state index in [1.165, 1.54) is 6.07 Å². The number of rotatable bonds is 3. The number of nitro groups is 1. The van der Waals surface area contributed by atoms with Crippen molar-refractivity contribution < 1.29 is 14.1 Å². The van der Waals surface area contributed by atoms with Crippen LogP contribution in [0.4, 0.5) is 4.39 Å². The highest BCUT2D eigenvalue weighted by Crippen LogP contribution is 2.11. The van der Waals surface area contributed by atoms with Gasteiger partial charge in [-0.2, -0.15) is 0 Å². The topological polar surface area (TPSA) is 86.2 Å². The normalized spacial score (nSPS) is 9.79. The Labute approximate surface area is 78.5 Å². The van der Waals surface area contributed by atoms with Crippen LogP contribution < -0.4 is 5.73 Å². The Kier molecular flexibility index (Phi) is 2.76. The number of hydrogen-bond acceptors (Lipinski definition) is 3. The Morgan fingerprint density at radius 2 is 2.21 bits per heavy atom. The van der Waals surface area contributed by atoms with E-state index in [1.807, 2.05) is 0 Å². The summed E-state index contributed by atoms with van der Waals surface area (Å²) >= 11 is 0. The molecule has 0 aliphatic carbocycles. The van der Waals surface area contributed by atoms with E-state index in [1.54, 1.807) is 0 Å². The second-order valence-electron chi connectivity index (χ2n) is 2.66. The summed E-state index contributed by atoms with van der Waals surface area (Å²) in [6.07, 6.45) is 0. The molecule has 0 aromatic heterocycles. The maximum atomic E-state index is 12.9. The Hall–Kier alpha value is -1.98. The quantitative estimate of drug-likeness (QED) is 0.572. The highest BCUT2D eigenvalue weighted by molar-refractivity contribution is 5.92. The average molecular weight is 198 g/mol. The lowest BCUT2D eigenvalue weighted by Crippen LogP contribution is -2.12. The molecule has 1 amide bonds. The molecule has 0 saturated heterocycles. The minimum Gasteiger partial charge on any atom is -0.366 e. The summed E-state index contributed by atoms with van der Waals surface area (Å²) in [5.74, 6) is -1.46. The predicted molar refractivity (Wildman–Crippen MR) is 45.6 cm³/mol. The maximum Gasteiger partial charge on any atom is 0.248 e. The second kappa shape index (κ2) is 3.82. The van der Waals surface area contributed by atoms with Crippen LogP contribution in [0, 0.1) is 15.9 Å². The zero-order valence-electron chi connectivity index (χ0n) is 7.07. The standard InChI is InChI=1S/C8H7FN2O3/c9-7-2-1-5(8(10)12)3-6(7)4-11(13)14/h1-3H,4H2,(H2,10,12). The van der Waals surface area contributed by atoms with Gasteiger partial charge in [-0.3, -0.25) is 14.9 Å². The maximum absolute atomic E-state index is 12.9. The molecule has 1 aromatic carbocycles.